The Bertz CT molecular complexity index is 782. The van der Waals surface area contributed by atoms with Gasteiger partial charge in [0.2, 0.25) is 0 Å². The molecule has 0 saturated heterocycles. The lowest BCUT2D eigenvalue weighted by Gasteiger charge is -2.15. The highest BCUT2D eigenvalue weighted by molar-refractivity contribution is 9.10. The van der Waals surface area contributed by atoms with Gasteiger partial charge in [0.15, 0.2) is 0 Å². The number of halogens is 1. The van der Waals surface area contributed by atoms with Crippen molar-refractivity contribution in [3.05, 3.63) is 76.8 Å². The van der Waals surface area contributed by atoms with Crippen LogP contribution in [0.2, 0.25) is 0 Å². The molecule has 0 aliphatic rings. The molecular weight excluding hydrogens is 356 g/mol. The number of carbonyl (C=O) groups is 1. The maximum absolute atomic E-state index is 12.2. The van der Waals surface area contributed by atoms with Gasteiger partial charge in [-0.15, -0.1) is 0 Å². The van der Waals surface area contributed by atoms with E-state index >= 15 is 0 Å². The van der Waals surface area contributed by atoms with Crippen LogP contribution in [-0.4, -0.2) is 20.7 Å². The molecule has 6 heteroatoms. The zero-order valence-electron chi connectivity index (χ0n) is 12.5. The van der Waals surface area contributed by atoms with Crippen molar-refractivity contribution < 1.29 is 4.79 Å². The fourth-order valence-corrected chi connectivity index (χ4v) is 2.49. The molecule has 3 aromatic rings. The summed E-state index contributed by atoms with van der Waals surface area (Å²) in [5.41, 5.74) is 2.59. The topological polar surface area (TPSA) is 59.8 Å². The molecule has 0 spiro atoms. The van der Waals surface area contributed by atoms with E-state index < -0.39 is 0 Å². The number of aromatic nitrogens is 3. The van der Waals surface area contributed by atoms with Crippen molar-refractivity contribution in [1.29, 1.82) is 0 Å². The van der Waals surface area contributed by atoms with Crippen LogP contribution in [0.5, 0.6) is 0 Å². The normalized spacial score (nSPS) is 11.9. The Kier molecular flexibility index (Phi) is 4.52. The standard InChI is InChI=1S/C17H15BrN4O/c1-12(21-17(23)14-2-6-15(18)7-3-14)13-4-8-16(9-5-13)22-11-19-10-20-22/h2-12H,1H3,(H,21,23)/t12-/m1/s1. The molecule has 0 saturated carbocycles. The summed E-state index contributed by atoms with van der Waals surface area (Å²) in [6.45, 7) is 1.96. The third-order valence-corrected chi connectivity index (χ3v) is 4.06. The Labute approximate surface area is 142 Å². The zero-order chi connectivity index (χ0) is 16.2. The molecule has 0 radical (unpaired) electrons. The third kappa shape index (κ3) is 3.65. The number of hydrogen-bond acceptors (Lipinski definition) is 3. The first-order valence-electron chi connectivity index (χ1n) is 7.15. The van der Waals surface area contributed by atoms with E-state index in [0.29, 0.717) is 5.56 Å². The van der Waals surface area contributed by atoms with Gasteiger partial charge in [-0.1, -0.05) is 28.1 Å². The lowest BCUT2D eigenvalue weighted by Crippen LogP contribution is -2.26. The smallest absolute Gasteiger partial charge is 0.251 e. The van der Waals surface area contributed by atoms with Gasteiger partial charge in [0.05, 0.1) is 11.7 Å². The first-order chi connectivity index (χ1) is 11.1. The summed E-state index contributed by atoms with van der Waals surface area (Å²) in [4.78, 5) is 16.2. The number of nitrogens with one attached hydrogen (secondary N) is 1. The van der Waals surface area contributed by atoms with Crippen molar-refractivity contribution in [3.63, 3.8) is 0 Å². The minimum absolute atomic E-state index is 0.0871. The first kappa shape index (κ1) is 15.4. The molecule has 0 aliphatic carbocycles. The van der Waals surface area contributed by atoms with Crippen molar-refractivity contribution in [3.8, 4) is 5.69 Å². The Morgan fingerprint density at radius 3 is 2.43 bits per heavy atom. The highest BCUT2D eigenvalue weighted by Gasteiger charge is 2.11. The van der Waals surface area contributed by atoms with Crippen LogP contribution in [0.15, 0.2) is 65.7 Å². The van der Waals surface area contributed by atoms with E-state index in [9.17, 15) is 4.79 Å². The molecule has 0 bridgehead atoms. The summed E-state index contributed by atoms with van der Waals surface area (Å²) in [6, 6.07) is 15.1. The summed E-state index contributed by atoms with van der Waals surface area (Å²) < 4.78 is 2.64. The van der Waals surface area contributed by atoms with Crippen molar-refractivity contribution in [2.45, 2.75) is 13.0 Å². The van der Waals surface area contributed by atoms with Crippen molar-refractivity contribution in [2.75, 3.05) is 0 Å². The number of hydrogen-bond donors (Lipinski definition) is 1. The summed E-state index contributed by atoms with van der Waals surface area (Å²) in [5, 5.41) is 7.09. The first-order valence-corrected chi connectivity index (χ1v) is 7.94. The van der Waals surface area contributed by atoms with Crippen molar-refractivity contribution in [1.82, 2.24) is 20.1 Å². The van der Waals surface area contributed by atoms with Crippen molar-refractivity contribution >= 4 is 21.8 Å². The van der Waals surface area contributed by atoms with Crippen LogP contribution >= 0.6 is 15.9 Å². The highest BCUT2D eigenvalue weighted by atomic mass is 79.9. The molecule has 1 aromatic heterocycles. The summed E-state index contributed by atoms with van der Waals surface area (Å²) in [7, 11) is 0. The molecule has 1 heterocycles. The van der Waals surface area contributed by atoms with Crippen LogP contribution < -0.4 is 5.32 Å². The maximum Gasteiger partial charge on any atom is 0.251 e. The number of amides is 1. The van der Waals surface area contributed by atoms with Gasteiger partial charge in [0, 0.05) is 10.0 Å². The van der Waals surface area contributed by atoms with Crippen LogP contribution in [0.25, 0.3) is 5.69 Å². The third-order valence-electron chi connectivity index (χ3n) is 3.53. The van der Waals surface area contributed by atoms with Gasteiger partial charge in [0.1, 0.15) is 12.7 Å². The van der Waals surface area contributed by atoms with E-state index in [0.717, 1.165) is 15.7 Å². The fraction of sp³-hybridized carbons (Fsp3) is 0.118. The minimum atomic E-state index is -0.0923. The van der Waals surface area contributed by atoms with Gasteiger partial charge < -0.3 is 5.32 Å². The van der Waals surface area contributed by atoms with E-state index in [4.69, 9.17) is 0 Å². The molecule has 1 amide bonds. The second-order valence-corrected chi connectivity index (χ2v) is 6.05. The second-order valence-electron chi connectivity index (χ2n) is 5.13. The molecule has 0 fully saturated rings. The van der Waals surface area contributed by atoms with Gasteiger partial charge in [-0.2, -0.15) is 5.10 Å². The van der Waals surface area contributed by atoms with Crippen LogP contribution in [0.1, 0.15) is 28.9 Å². The quantitative estimate of drug-likeness (QED) is 0.764. The molecule has 116 valence electrons. The number of nitrogens with zero attached hydrogens (tertiary/aromatic N) is 3. The molecule has 1 atom stereocenters. The summed E-state index contributed by atoms with van der Waals surface area (Å²) in [5.74, 6) is -0.0923. The largest absolute Gasteiger partial charge is 0.346 e. The maximum atomic E-state index is 12.2. The van der Waals surface area contributed by atoms with E-state index in [1.54, 1.807) is 23.1 Å². The van der Waals surface area contributed by atoms with E-state index in [1.165, 1.54) is 6.33 Å². The predicted molar refractivity (Wildman–Crippen MR) is 91.4 cm³/mol. The SMILES string of the molecule is C[C@@H](NC(=O)c1ccc(Br)cc1)c1ccc(-n2cncn2)cc1. The monoisotopic (exact) mass is 370 g/mol. The van der Waals surface area contributed by atoms with E-state index in [2.05, 4.69) is 31.3 Å². The van der Waals surface area contributed by atoms with Gasteiger partial charge in [-0.3, -0.25) is 4.79 Å². The minimum Gasteiger partial charge on any atom is -0.346 e. The van der Waals surface area contributed by atoms with Crippen LogP contribution in [0.3, 0.4) is 0 Å². The Hall–Kier alpha value is -2.47. The summed E-state index contributed by atoms with van der Waals surface area (Å²) >= 11 is 3.36. The summed E-state index contributed by atoms with van der Waals surface area (Å²) in [6.07, 6.45) is 3.14. The molecule has 5 nitrogen and oxygen atoms in total. The Morgan fingerprint density at radius 1 is 1.13 bits per heavy atom. The van der Waals surface area contributed by atoms with Gasteiger partial charge >= 0.3 is 0 Å². The zero-order valence-corrected chi connectivity index (χ0v) is 14.1. The highest BCUT2D eigenvalue weighted by Crippen LogP contribution is 2.16. The number of carbonyl (C=O) groups excluding carboxylic acids is 1. The van der Waals surface area contributed by atoms with Gasteiger partial charge in [0.25, 0.3) is 5.91 Å². The van der Waals surface area contributed by atoms with E-state index in [-0.39, 0.29) is 11.9 Å². The molecule has 0 aliphatic heterocycles. The lowest BCUT2D eigenvalue weighted by molar-refractivity contribution is 0.0940. The average Bonchev–Trinajstić information content (AvgIpc) is 3.10. The van der Waals surface area contributed by atoms with Crippen molar-refractivity contribution in [2.24, 2.45) is 0 Å². The predicted octanol–water partition coefficient (Wildman–Crippen LogP) is 3.52. The average molecular weight is 371 g/mol. The van der Waals surface area contributed by atoms with Crippen LogP contribution in [0.4, 0.5) is 0 Å². The molecular formula is C17H15BrN4O. The lowest BCUT2D eigenvalue weighted by atomic mass is 10.1. The van der Waals surface area contributed by atoms with Gasteiger partial charge in [-0.25, -0.2) is 9.67 Å². The molecule has 1 N–H and O–H groups in total. The van der Waals surface area contributed by atoms with Crippen LogP contribution in [-0.2, 0) is 0 Å². The van der Waals surface area contributed by atoms with Gasteiger partial charge in [-0.05, 0) is 48.9 Å². The number of benzene rings is 2. The molecule has 0 unspecified atom stereocenters. The van der Waals surface area contributed by atoms with Crippen LogP contribution in [0, 0.1) is 0 Å². The molecule has 2 aromatic carbocycles. The molecule has 3 rings (SSSR count). The fourth-order valence-electron chi connectivity index (χ4n) is 2.22. The molecule has 23 heavy (non-hydrogen) atoms. The second kappa shape index (κ2) is 6.75. The Morgan fingerprint density at radius 2 is 1.83 bits per heavy atom. The Balaban J connectivity index is 1.69. The number of rotatable bonds is 4. The van der Waals surface area contributed by atoms with E-state index in [1.807, 2.05) is 43.3 Å².